The van der Waals surface area contributed by atoms with Gasteiger partial charge in [0.05, 0.1) is 6.61 Å². The molecule has 0 radical (unpaired) electrons. The maximum absolute atomic E-state index is 10.8. The quantitative estimate of drug-likeness (QED) is 0.259. The Morgan fingerprint density at radius 2 is 1.35 bits per heavy atom. The molecule has 0 N–H and O–H groups in total. The first-order valence-electron chi connectivity index (χ1n) is 8.59. The third-order valence-electron chi connectivity index (χ3n) is 2.95. The maximum Gasteiger partial charge on any atom is 0.305 e. The van der Waals surface area contributed by atoms with Gasteiger partial charge in [0.15, 0.2) is 0 Å². The van der Waals surface area contributed by atoms with Crippen molar-refractivity contribution in [2.24, 2.45) is 0 Å². The molecule has 0 saturated heterocycles. The third kappa shape index (κ3) is 23.0. The van der Waals surface area contributed by atoms with Crippen LogP contribution in [0.5, 0.6) is 0 Å². The normalized spacial score (nSPS) is 9.80. The van der Waals surface area contributed by atoms with Gasteiger partial charge in [-0.15, -0.1) is 8.58 Å². The van der Waals surface area contributed by atoms with Gasteiger partial charge in [0.25, 0.3) is 0 Å². The molecule has 0 aliphatic carbocycles. The van der Waals surface area contributed by atoms with Crippen LogP contribution in [-0.2, 0) is 9.53 Å². The molecular formula is C17H37O2P. The Balaban J connectivity index is 0. The molecule has 0 aromatic carbocycles. The molecule has 0 saturated carbocycles. The second kappa shape index (κ2) is 21.2. The summed E-state index contributed by atoms with van der Waals surface area (Å²) < 4.78 is 4.78. The van der Waals surface area contributed by atoms with Gasteiger partial charge in [-0.3, -0.25) is 4.79 Å². The molecule has 2 nitrogen and oxygen atoms in total. The number of unbranched alkanes of at least 4 members (excludes halogenated alkanes) is 5. The summed E-state index contributed by atoms with van der Waals surface area (Å²) >= 11 is 0. The number of esters is 1. The lowest BCUT2D eigenvalue weighted by atomic mass is 10.2. The highest BCUT2D eigenvalue weighted by atomic mass is 31.1. The molecule has 0 spiro atoms. The minimum atomic E-state index is -0.0522. The van der Waals surface area contributed by atoms with E-state index in [2.05, 4.69) is 20.8 Å². The molecule has 0 aliphatic rings. The molecule has 0 unspecified atom stereocenters. The van der Waals surface area contributed by atoms with Crippen LogP contribution in [0, 0.1) is 0 Å². The fourth-order valence-corrected chi connectivity index (χ4v) is 3.11. The number of rotatable bonds is 12. The summed E-state index contributed by atoms with van der Waals surface area (Å²) in [5.41, 5.74) is 0. The van der Waals surface area contributed by atoms with E-state index in [9.17, 15) is 4.79 Å². The van der Waals surface area contributed by atoms with E-state index in [1.807, 2.05) is 6.92 Å². The Labute approximate surface area is 129 Å². The van der Waals surface area contributed by atoms with Crippen LogP contribution in [0.25, 0.3) is 0 Å². The summed E-state index contributed by atoms with van der Waals surface area (Å²) in [6, 6.07) is 0. The first-order chi connectivity index (χ1) is 9.72. The highest BCUT2D eigenvalue weighted by Crippen LogP contribution is 2.14. The van der Waals surface area contributed by atoms with Crippen LogP contribution in [0.3, 0.4) is 0 Å². The van der Waals surface area contributed by atoms with E-state index in [0.29, 0.717) is 13.0 Å². The Hall–Kier alpha value is -0.100. The van der Waals surface area contributed by atoms with Crippen molar-refractivity contribution in [3.63, 3.8) is 0 Å². The number of hydrogen-bond donors (Lipinski definition) is 0. The summed E-state index contributed by atoms with van der Waals surface area (Å²) in [6.45, 7) is 9.04. The molecule has 0 amide bonds. The first kappa shape index (κ1) is 22.2. The molecule has 0 atom stereocenters. The van der Waals surface area contributed by atoms with Crippen molar-refractivity contribution in [1.82, 2.24) is 0 Å². The Morgan fingerprint density at radius 1 is 0.800 bits per heavy atom. The lowest BCUT2D eigenvalue weighted by Crippen LogP contribution is -2.02. The number of carbonyl (C=O) groups excluding carboxylic acids is 1. The van der Waals surface area contributed by atoms with Crippen LogP contribution in [0.4, 0.5) is 0 Å². The number of carbonyl (C=O) groups is 1. The highest BCUT2D eigenvalue weighted by molar-refractivity contribution is 7.37. The summed E-state index contributed by atoms with van der Waals surface area (Å²) in [4.78, 5) is 10.8. The number of ether oxygens (including phenoxy) is 1. The predicted molar refractivity (Wildman–Crippen MR) is 93.3 cm³/mol. The van der Waals surface area contributed by atoms with Crippen LogP contribution in [0.15, 0.2) is 0 Å². The molecule has 0 aromatic rings. The SMILES string of the molecule is CCCCCCC(=O)OCC.CCCCPCCCC. The molecular weight excluding hydrogens is 267 g/mol. The van der Waals surface area contributed by atoms with Crippen LogP contribution in [0.2, 0.25) is 0 Å². The monoisotopic (exact) mass is 304 g/mol. The smallest absolute Gasteiger partial charge is 0.305 e. The lowest BCUT2D eigenvalue weighted by molar-refractivity contribution is -0.143. The molecule has 0 bridgehead atoms. The van der Waals surface area contributed by atoms with Crippen molar-refractivity contribution >= 4 is 14.6 Å². The van der Waals surface area contributed by atoms with Gasteiger partial charge in [-0.2, -0.15) is 0 Å². The fraction of sp³-hybridized carbons (Fsp3) is 0.941. The second-order valence-corrected chi connectivity index (χ2v) is 6.57. The minimum absolute atomic E-state index is 0.0522. The number of hydrogen-bond acceptors (Lipinski definition) is 2. The van der Waals surface area contributed by atoms with Crippen molar-refractivity contribution in [2.75, 3.05) is 18.9 Å². The molecule has 0 aromatic heterocycles. The zero-order chi connectivity index (χ0) is 15.5. The molecule has 20 heavy (non-hydrogen) atoms. The van der Waals surface area contributed by atoms with Gasteiger partial charge in [0.2, 0.25) is 0 Å². The van der Waals surface area contributed by atoms with Gasteiger partial charge in [-0.1, -0.05) is 52.9 Å². The third-order valence-corrected chi connectivity index (χ3v) is 4.37. The van der Waals surface area contributed by atoms with Crippen molar-refractivity contribution in [2.45, 2.75) is 85.5 Å². The Kier molecular flexibility index (Phi) is 23.5. The average Bonchev–Trinajstić information content (AvgIpc) is 2.45. The molecule has 122 valence electrons. The molecule has 3 heteroatoms. The van der Waals surface area contributed by atoms with Crippen LogP contribution >= 0.6 is 8.58 Å². The van der Waals surface area contributed by atoms with Crippen LogP contribution < -0.4 is 0 Å². The van der Waals surface area contributed by atoms with Gasteiger partial charge in [0.1, 0.15) is 0 Å². The average molecular weight is 304 g/mol. The van der Waals surface area contributed by atoms with E-state index < -0.39 is 0 Å². The van der Waals surface area contributed by atoms with Crippen molar-refractivity contribution in [3.8, 4) is 0 Å². The van der Waals surface area contributed by atoms with E-state index in [0.717, 1.165) is 12.8 Å². The lowest BCUT2D eigenvalue weighted by Gasteiger charge is -2.00. The first-order valence-corrected chi connectivity index (χ1v) is 10.0. The molecule has 0 rings (SSSR count). The summed E-state index contributed by atoms with van der Waals surface area (Å²) in [6.07, 6.45) is 13.8. The molecule has 0 heterocycles. The standard InChI is InChI=1S/C9H18O2.C8H19P/c1-3-5-6-7-8-9(10)11-4-2;1-3-5-7-9-8-6-4-2/h3-8H2,1-2H3;9H,3-8H2,1-2H3. The van der Waals surface area contributed by atoms with E-state index in [1.54, 1.807) is 0 Å². The van der Waals surface area contributed by atoms with E-state index in [1.165, 1.54) is 59.4 Å². The van der Waals surface area contributed by atoms with E-state index in [-0.39, 0.29) is 5.97 Å². The van der Waals surface area contributed by atoms with Crippen LogP contribution in [0.1, 0.15) is 85.5 Å². The van der Waals surface area contributed by atoms with Gasteiger partial charge in [0, 0.05) is 6.42 Å². The fourth-order valence-electron chi connectivity index (χ4n) is 1.66. The zero-order valence-electron chi connectivity index (χ0n) is 14.3. The largest absolute Gasteiger partial charge is 0.466 e. The van der Waals surface area contributed by atoms with Gasteiger partial charge in [-0.05, 0) is 38.5 Å². The van der Waals surface area contributed by atoms with Gasteiger partial charge >= 0.3 is 5.97 Å². The van der Waals surface area contributed by atoms with E-state index in [4.69, 9.17) is 4.74 Å². The van der Waals surface area contributed by atoms with Crippen molar-refractivity contribution in [1.29, 1.82) is 0 Å². The highest BCUT2D eigenvalue weighted by Gasteiger charge is 1.99. The second-order valence-electron chi connectivity index (χ2n) is 5.07. The zero-order valence-corrected chi connectivity index (χ0v) is 15.3. The molecule has 0 fully saturated rings. The van der Waals surface area contributed by atoms with Gasteiger partial charge < -0.3 is 4.74 Å². The predicted octanol–water partition coefficient (Wildman–Crippen LogP) is 5.79. The summed E-state index contributed by atoms with van der Waals surface area (Å²) in [5, 5.41) is 0. The molecule has 0 aliphatic heterocycles. The van der Waals surface area contributed by atoms with E-state index >= 15 is 0 Å². The van der Waals surface area contributed by atoms with Crippen molar-refractivity contribution < 1.29 is 9.53 Å². The maximum atomic E-state index is 10.8. The van der Waals surface area contributed by atoms with Crippen LogP contribution in [-0.4, -0.2) is 24.9 Å². The minimum Gasteiger partial charge on any atom is -0.466 e. The topological polar surface area (TPSA) is 26.3 Å². The Morgan fingerprint density at radius 3 is 1.80 bits per heavy atom. The summed E-state index contributed by atoms with van der Waals surface area (Å²) in [7, 11) is 1.25. The summed E-state index contributed by atoms with van der Waals surface area (Å²) in [5.74, 6) is -0.0522. The Bertz CT molecular complexity index is 178. The van der Waals surface area contributed by atoms with Crippen molar-refractivity contribution in [3.05, 3.63) is 0 Å². The van der Waals surface area contributed by atoms with Gasteiger partial charge in [-0.25, -0.2) is 0 Å².